The summed E-state index contributed by atoms with van der Waals surface area (Å²) in [6.07, 6.45) is 0. The molecule has 0 rings (SSSR count). The third-order valence-electron chi connectivity index (χ3n) is 0.850. The van der Waals surface area contributed by atoms with Crippen molar-refractivity contribution in [2.75, 3.05) is 6.61 Å². The summed E-state index contributed by atoms with van der Waals surface area (Å²) in [5.41, 5.74) is 0.0320. The van der Waals surface area contributed by atoms with Gasteiger partial charge >= 0.3 is 0 Å². The van der Waals surface area contributed by atoms with Crippen molar-refractivity contribution in [2.24, 2.45) is 5.92 Å². The molecule has 0 bridgehead atoms. The average molecular weight is 178 g/mol. The summed E-state index contributed by atoms with van der Waals surface area (Å²) in [6, 6.07) is 0. The maximum atomic E-state index is 7.83. The topological polar surface area (TPSA) is 26.3 Å². The highest BCUT2D eigenvalue weighted by atomic mass is 32.1. The average Bonchev–Trinajstić information content (AvgIpc) is 1.87. The summed E-state index contributed by atoms with van der Waals surface area (Å²) >= 11 is 2.83. The van der Waals surface area contributed by atoms with E-state index in [0.29, 0.717) is 5.92 Å². The smallest absolute Gasteiger partial charge is 0.197 e. The van der Waals surface area contributed by atoms with Gasteiger partial charge in [0, 0.05) is 6.61 Å². The third kappa shape index (κ3) is 17.8. The van der Waals surface area contributed by atoms with Gasteiger partial charge in [-0.3, -0.25) is 0 Å². The zero-order chi connectivity index (χ0) is 9.49. The van der Waals surface area contributed by atoms with Crippen LogP contribution in [0.3, 0.4) is 0 Å². The van der Waals surface area contributed by atoms with Crippen molar-refractivity contribution in [1.82, 2.24) is 0 Å². The molecule has 0 radical (unpaired) electrons. The first-order valence-electron chi connectivity index (χ1n) is 3.72. The van der Waals surface area contributed by atoms with E-state index in [-0.39, 0.29) is 5.60 Å². The van der Waals surface area contributed by atoms with E-state index in [1.54, 1.807) is 0 Å². The second-order valence-electron chi connectivity index (χ2n) is 3.82. The van der Waals surface area contributed by atoms with Crippen molar-refractivity contribution in [3.05, 3.63) is 0 Å². The Bertz CT molecular complexity index is 86.6. The second-order valence-corrected chi connectivity index (χ2v) is 3.82. The van der Waals surface area contributed by atoms with Gasteiger partial charge in [-0.05, 0) is 26.7 Å². The Morgan fingerprint density at radius 1 is 1.27 bits per heavy atom. The molecule has 0 aromatic heterocycles. The number of rotatable bonds is 2. The molecule has 2 nitrogen and oxygen atoms in total. The van der Waals surface area contributed by atoms with Gasteiger partial charge in [0.25, 0.3) is 0 Å². The molecule has 0 aromatic carbocycles. The minimum absolute atomic E-state index is 0.0320. The molecule has 0 aromatic rings. The summed E-state index contributed by atoms with van der Waals surface area (Å²) < 4.78 is 13.3. The Morgan fingerprint density at radius 2 is 1.64 bits per heavy atom. The molecule has 0 saturated carbocycles. The quantitative estimate of drug-likeness (QED) is 0.648. The van der Waals surface area contributed by atoms with Crippen molar-refractivity contribution in [3.8, 4) is 0 Å². The van der Waals surface area contributed by atoms with Crippen LogP contribution in [-0.4, -0.2) is 16.4 Å². The maximum Gasteiger partial charge on any atom is 0.197 e. The van der Waals surface area contributed by atoms with Gasteiger partial charge in [0.15, 0.2) is 12.5 Å². The minimum atomic E-state index is 0.0320. The lowest BCUT2D eigenvalue weighted by atomic mass is 10.2. The molecule has 11 heavy (non-hydrogen) atoms. The zero-order valence-electron chi connectivity index (χ0n) is 8.01. The molecular weight excluding hydrogens is 160 g/mol. The lowest BCUT2D eigenvalue weighted by Crippen LogP contribution is -2.21. The highest BCUT2D eigenvalue weighted by Crippen LogP contribution is 2.08. The van der Waals surface area contributed by atoms with Gasteiger partial charge in [-0.15, -0.1) is 0 Å². The van der Waals surface area contributed by atoms with Crippen LogP contribution in [0.1, 0.15) is 34.6 Å². The number of ether oxygens (including phenoxy) is 1. The lowest BCUT2D eigenvalue weighted by Gasteiger charge is -2.20. The second kappa shape index (κ2) is 6.68. The van der Waals surface area contributed by atoms with E-state index in [2.05, 4.69) is 47.2 Å². The molecule has 0 aliphatic heterocycles. The van der Waals surface area contributed by atoms with Crippen molar-refractivity contribution >= 4 is 12.5 Å². The van der Waals surface area contributed by atoms with Crippen molar-refractivity contribution in [3.63, 3.8) is 0 Å². The summed E-state index contributed by atoms with van der Waals surface area (Å²) in [4.78, 5) is 0. The van der Waals surface area contributed by atoms with Crippen LogP contribution >= 0.6 is 0 Å². The Labute approximate surface area is 74.9 Å². The third-order valence-corrected chi connectivity index (χ3v) is 0.850. The standard InChI is InChI=1S/C8H18O.OS/c1-7(2)6-9-8(3,4)5;1-2/h7H,6H2,1-5H3;. The monoisotopic (exact) mass is 178 g/mol. The van der Waals surface area contributed by atoms with E-state index in [1.807, 2.05) is 0 Å². The molecule has 0 saturated heterocycles. The van der Waals surface area contributed by atoms with Crippen LogP contribution in [0.25, 0.3) is 0 Å². The molecule has 0 unspecified atom stereocenters. The molecule has 0 N–H and O–H groups in total. The van der Waals surface area contributed by atoms with Crippen LogP contribution in [0.5, 0.6) is 0 Å². The van der Waals surface area contributed by atoms with Gasteiger partial charge in [-0.25, -0.2) is 0 Å². The van der Waals surface area contributed by atoms with Gasteiger partial charge in [-0.1, -0.05) is 13.8 Å². The van der Waals surface area contributed by atoms with E-state index >= 15 is 0 Å². The van der Waals surface area contributed by atoms with Crippen LogP contribution in [-0.2, 0) is 17.3 Å². The molecule has 3 heteroatoms. The summed E-state index contributed by atoms with van der Waals surface area (Å²) in [5.74, 6) is 0.643. The normalized spacial score (nSPS) is 10.7. The van der Waals surface area contributed by atoms with Crippen LogP contribution in [0.15, 0.2) is 0 Å². The summed E-state index contributed by atoms with van der Waals surface area (Å²) in [6.45, 7) is 11.4. The van der Waals surface area contributed by atoms with Gasteiger partial charge in [-0.2, -0.15) is 4.21 Å². The Hall–Kier alpha value is -0.0200. The number of hydrogen-bond acceptors (Lipinski definition) is 3. The van der Waals surface area contributed by atoms with Gasteiger partial charge < -0.3 is 4.74 Å². The number of hydrogen-bond donors (Lipinski definition) is 0. The molecule has 0 atom stereocenters. The Kier molecular flexibility index (Phi) is 8.23. The summed E-state index contributed by atoms with van der Waals surface area (Å²) in [7, 11) is 0. The fourth-order valence-electron chi connectivity index (χ4n) is 0.417. The van der Waals surface area contributed by atoms with E-state index in [4.69, 9.17) is 8.95 Å². The first kappa shape index (κ1) is 13.6. The molecule has 0 amide bonds. The molecule has 0 heterocycles. The fraction of sp³-hybridized carbons (Fsp3) is 1.00. The molecule has 0 aliphatic rings. The largest absolute Gasteiger partial charge is 0.376 e. The van der Waals surface area contributed by atoms with E-state index in [0.717, 1.165) is 6.61 Å². The van der Waals surface area contributed by atoms with Gasteiger partial charge in [0.1, 0.15) is 0 Å². The van der Waals surface area contributed by atoms with Crippen LogP contribution in [0.4, 0.5) is 0 Å². The molecule has 0 spiro atoms. The molecule has 68 valence electrons. The molecular formula is C8H18O2S. The zero-order valence-corrected chi connectivity index (χ0v) is 8.83. The SMILES string of the molecule is CC(C)COC(C)(C)C.O=S. The summed E-state index contributed by atoms with van der Waals surface area (Å²) in [5, 5.41) is 0. The van der Waals surface area contributed by atoms with Crippen LogP contribution in [0, 0.1) is 5.92 Å². The van der Waals surface area contributed by atoms with Gasteiger partial charge in [0.2, 0.25) is 0 Å². The molecule has 0 aliphatic carbocycles. The van der Waals surface area contributed by atoms with Crippen molar-refractivity contribution in [2.45, 2.75) is 40.2 Å². The Morgan fingerprint density at radius 3 is 1.73 bits per heavy atom. The Balaban J connectivity index is 0. The highest BCUT2D eigenvalue weighted by molar-refractivity contribution is 7.44. The predicted molar refractivity (Wildman–Crippen MR) is 48.7 cm³/mol. The highest BCUT2D eigenvalue weighted by Gasteiger charge is 2.09. The lowest BCUT2D eigenvalue weighted by molar-refractivity contribution is -0.0167. The van der Waals surface area contributed by atoms with Crippen LogP contribution < -0.4 is 0 Å². The van der Waals surface area contributed by atoms with Crippen molar-refractivity contribution < 1.29 is 8.95 Å². The maximum absolute atomic E-state index is 7.83. The van der Waals surface area contributed by atoms with Gasteiger partial charge in [0.05, 0.1) is 5.60 Å². The van der Waals surface area contributed by atoms with E-state index in [9.17, 15) is 0 Å². The van der Waals surface area contributed by atoms with Crippen molar-refractivity contribution in [1.29, 1.82) is 0 Å². The van der Waals surface area contributed by atoms with E-state index < -0.39 is 0 Å². The molecule has 0 fully saturated rings. The fourth-order valence-corrected chi connectivity index (χ4v) is 0.417. The first-order chi connectivity index (χ1) is 4.92. The first-order valence-corrected chi connectivity index (χ1v) is 4.06. The van der Waals surface area contributed by atoms with E-state index in [1.165, 1.54) is 0 Å². The predicted octanol–water partition coefficient (Wildman–Crippen LogP) is 2.12. The minimum Gasteiger partial charge on any atom is -0.376 e. The van der Waals surface area contributed by atoms with Crippen LogP contribution in [0.2, 0.25) is 0 Å².